The van der Waals surface area contributed by atoms with Gasteiger partial charge in [0.1, 0.15) is 5.82 Å². The van der Waals surface area contributed by atoms with Crippen molar-refractivity contribution in [1.29, 1.82) is 0 Å². The number of aliphatic hydroxyl groups is 1. The molecule has 1 aliphatic rings. The summed E-state index contributed by atoms with van der Waals surface area (Å²) >= 11 is 0. The molecule has 1 aromatic carbocycles. The molecule has 7 nitrogen and oxygen atoms in total. The molecule has 0 bridgehead atoms. The van der Waals surface area contributed by atoms with Crippen LogP contribution in [0.2, 0.25) is 0 Å². The second kappa shape index (κ2) is 8.97. The molecular weight excluding hydrogens is 363 g/mol. The van der Waals surface area contributed by atoms with Gasteiger partial charge in [0.05, 0.1) is 12.2 Å². The number of aryl methyl sites for hydroxylation is 1. The minimum atomic E-state index is -0.326. The Hall–Kier alpha value is -2.74. The van der Waals surface area contributed by atoms with Crippen molar-refractivity contribution in [2.75, 3.05) is 24.6 Å². The van der Waals surface area contributed by atoms with Crippen LogP contribution in [0, 0.1) is 11.7 Å². The number of hydrogen-bond donors (Lipinski definition) is 2. The zero-order chi connectivity index (χ0) is 20.1. The van der Waals surface area contributed by atoms with Crippen molar-refractivity contribution in [2.24, 2.45) is 11.7 Å². The Morgan fingerprint density at radius 1 is 1.25 bits per heavy atom. The van der Waals surface area contributed by atoms with E-state index in [9.17, 15) is 14.0 Å². The number of amides is 1. The number of primary amides is 1. The van der Waals surface area contributed by atoms with Crippen molar-refractivity contribution in [3.63, 3.8) is 0 Å². The summed E-state index contributed by atoms with van der Waals surface area (Å²) in [6.45, 7) is 1.42. The van der Waals surface area contributed by atoms with Gasteiger partial charge in [-0.2, -0.15) is 0 Å². The Morgan fingerprint density at radius 2 is 1.93 bits per heavy atom. The highest BCUT2D eigenvalue weighted by Gasteiger charge is 2.26. The van der Waals surface area contributed by atoms with E-state index in [1.165, 1.54) is 12.1 Å². The number of aromatic nitrogens is 2. The molecule has 1 amide bonds. The molecule has 3 rings (SSSR count). The van der Waals surface area contributed by atoms with E-state index in [1.54, 1.807) is 22.9 Å². The molecule has 0 saturated carbocycles. The standard InChI is InChI=1S/C20H25FN4O3/c21-16-5-3-14(4-6-16)12-25-13-17(2-1-11-26)23-19(20(25)28)24-9-7-15(8-10-24)18(22)27/h3-6,13,15,26H,1-2,7-12H2,(H2,22,27). The van der Waals surface area contributed by atoms with E-state index >= 15 is 0 Å². The van der Waals surface area contributed by atoms with Crippen molar-refractivity contribution in [2.45, 2.75) is 32.2 Å². The fourth-order valence-corrected chi connectivity index (χ4v) is 3.45. The molecule has 0 unspecified atom stereocenters. The van der Waals surface area contributed by atoms with Crippen molar-refractivity contribution < 1.29 is 14.3 Å². The third-order valence-corrected chi connectivity index (χ3v) is 5.06. The summed E-state index contributed by atoms with van der Waals surface area (Å²) in [7, 11) is 0. The van der Waals surface area contributed by atoms with E-state index in [4.69, 9.17) is 10.8 Å². The lowest BCUT2D eigenvalue weighted by atomic mass is 9.96. The van der Waals surface area contributed by atoms with Crippen LogP contribution in [0.15, 0.2) is 35.3 Å². The van der Waals surface area contributed by atoms with Gasteiger partial charge < -0.3 is 20.3 Å². The Labute approximate surface area is 162 Å². The molecule has 1 saturated heterocycles. The predicted octanol–water partition coefficient (Wildman–Crippen LogP) is 1.06. The molecule has 2 aromatic rings. The van der Waals surface area contributed by atoms with Crippen LogP contribution in [0.1, 0.15) is 30.5 Å². The van der Waals surface area contributed by atoms with Crippen LogP contribution >= 0.6 is 0 Å². The van der Waals surface area contributed by atoms with Gasteiger partial charge in [0.25, 0.3) is 5.56 Å². The quantitative estimate of drug-likeness (QED) is 0.739. The van der Waals surface area contributed by atoms with E-state index in [0.29, 0.717) is 56.8 Å². The summed E-state index contributed by atoms with van der Waals surface area (Å²) in [5, 5.41) is 9.13. The number of carbonyl (C=O) groups is 1. The first-order valence-electron chi connectivity index (χ1n) is 9.48. The highest BCUT2D eigenvalue weighted by molar-refractivity contribution is 5.76. The molecule has 2 heterocycles. The fraction of sp³-hybridized carbons (Fsp3) is 0.450. The first-order chi connectivity index (χ1) is 13.5. The molecule has 0 aliphatic carbocycles. The molecular formula is C20H25FN4O3. The van der Waals surface area contributed by atoms with Gasteiger partial charge in [-0.15, -0.1) is 0 Å². The highest BCUT2D eigenvalue weighted by Crippen LogP contribution is 2.20. The predicted molar refractivity (Wildman–Crippen MR) is 104 cm³/mol. The Bertz CT molecular complexity index is 874. The maximum atomic E-state index is 13.2. The molecule has 28 heavy (non-hydrogen) atoms. The van der Waals surface area contributed by atoms with Crippen LogP contribution in [0.25, 0.3) is 0 Å². The third-order valence-electron chi connectivity index (χ3n) is 5.06. The number of piperidine rings is 1. The van der Waals surface area contributed by atoms with E-state index < -0.39 is 0 Å². The SMILES string of the molecule is NC(=O)C1CCN(c2nc(CCCO)cn(Cc3ccc(F)cc3)c2=O)CC1. The summed E-state index contributed by atoms with van der Waals surface area (Å²) < 4.78 is 14.7. The number of carbonyl (C=O) groups excluding carboxylic acids is 1. The van der Waals surface area contributed by atoms with E-state index in [1.807, 2.05) is 4.90 Å². The number of nitrogens with zero attached hydrogens (tertiary/aromatic N) is 3. The number of benzene rings is 1. The van der Waals surface area contributed by atoms with Crippen molar-refractivity contribution >= 4 is 11.7 Å². The number of aliphatic hydroxyl groups excluding tert-OH is 1. The van der Waals surface area contributed by atoms with Crippen LogP contribution < -0.4 is 16.2 Å². The van der Waals surface area contributed by atoms with Gasteiger partial charge in [-0.25, -0.2) is 9.37 Å². The maximum absolute atomic E-state index is 13.2. The van der Waals surface area contributed by atoms with Gasteiger partial charge in [-0.3, -0.25) is 9.59 Å². The maximum Gasteiger partial charge on any atom is 0.293 e. The zero-order valence-electron chi connectivity index (χ0n) is 15.7. The summed E-state index contributed by atoms with van der Waals surface area (Å²) in [5.74, 6) is -0.457. The number of anilines is 1. The molecule has 1 aliphatic heterocycles. The normalized spacial score (nSPS) is 15.0. The van der Waals surface area contributed by atoms with Gasteiger partial charge in [0.15, 0.2) is 5.82 Å². The Morgan fingerprint density at radius 3 is 2.54 bits per heavy atom. The smallest absolute Gasteiger partial charge is 0.293 e. The Kier molecular flexibility index (Phi) is 6.41. The molecule has 0 atom stereocenters. The summed E-state index contributed by atoms with van der Waals surface area (Å²) in [6.07, 6.45) is 3.97. The molecule has 1 fully saturated rings. The highest BCUT2D eigenvalue weighted by atomic mass is 19.1. The lowest BCUT2D eigenvalue weighted by molar-refractivity contribution is -0.122. The zero-order valence-corrected chi connectivity index (χ0v) is 15.7. The van der Waals surface area contributed by atoms with Gasteiger partial charge in [-0.1, -0.05) is 12.1 Å². The number of halogens is 1. The van der Waals surface area contributed by atoms with E-state index in [2.05, 4.69) is 4.98 Å². The van der Waals surface area contributed by atoms with Crippen molar-refractivity contribution in [3.8, 4) is 0 Å². The van der Waals surface area contributed by atoms with E-state index in [0.717, 1.165) is 5.56 Å². The Balaban J connectivity index is 1.89. The number of rotatable bonds is 7. The largest absolute Gasteiger partial charge is 0.396 e. The number of hydrogen-bond acceptors (Lipinski definition) is 5. The second-order valence-electron chi connectivity index (χ2n) is 7.11. The first kappa shape index (κ1) is 20.0. The number of nitrogens with two attached hydrogens (primary N) is 1. The second-order valence-corrected chi connectivity index (χ2v) is 7.11. The van der Waals surface area contributed by atoms with Crippen LogP contribution in [-0.4, -0.2) is 40.3 Å². The molecule has 8 heteroatoms. The monoisotopic (exact) mass is 388 g/mol. The van der Waals surface area contributed by atoms with Crippen molar-refractivity contribution in [3.05, 3.63) is 57.9 Å². The minimum Gasteiger partial charge on any atom is -0.396 e. The molecule has 0 spiro atoms. The molecule has 1 aromatic heterocycles. The van der Waals surface area contributed by atoms with Gasteiger partial charge in [-0.05, 0) is 43.4 Å². The van der Waals surface area contributed by atoms with Gasteiger partial charge in [0.2, 0.25) is 5.91 Å². The lowest BCUT2D eigenvalue weighted by Gasteiger charge is -2.31. The third kappa shape index (κ3) is 4.75. The average Bonchev–Trinajstić information content (AvgIpc) is 2.70. The van der Waals surface area contributed by atoms with Crippen LogP contribution in [0.3, 0.4) is 0 Å². The first-order valence-corrected chi connectivity index (χ1v) is 9.48. The van der Waals surface area contributed by atoms with E-state index in [-0.39, 0.29) is 29.8 Å². The van der Waals surface area contributed by atoms with Gasteiger partial charge in [0, 0.05) is 31.8 Å². The van der Waals surface area contributed by atoms with Crippen molar-refractivity contribution in [1.82, 2.24) is 9.55 Å². The van der Waals surface area contributed by atoms with Crippen LogP contribution in [-0.2, 0) is 17.8 Å². The van der Waals surface area contributed by atoms with Crippen LogP contribution in [0.5, 0.6) is 0 Å². The fourth-order valence-electron chi connectivity index (χ4n) is 3.45. The molecule has 0 radical (unpaired) electrons. The average molecular weight is 388 g/mol. The van der Waals surface area contributed by atoms with Gasteiger partial charge >= 0.3 is 0 Å². The summed E-state index contributed by atoms with van der Waals surface area (Å²) in [5.41, 5.74) is 6.68. The lowest BCUT2D eigenvalue weighted by Crippen LogP contribution is -2.42. The topological polar surface area (TPSA) is 101 Å². The molecule has 3 N–H and O–H groups in total. The summed E-state index contributed by atoms with van der Waals surface area (Å²) in [6, 6.07) is 6.02. The minimum absolute atomic E-state index is 0.0398. The molecule has 150 valence electrons. The van der Waals surface area contributed by atoms with Crippen LogP contribution in [0.4, 0.5) is 10.2 Å². The summed E-state index contributed by atoms with van der Waals surface area (Å²) in [4.78, 5) is 30.8.